The molecule has 3 aromatic carbocycles. The Balaban J connectivity index is 1.81. The summed E-state index contributed by atoms with van der Waals surface area (Å²) in [6.07, 6.45) is 4.59. The number of methoxy groups -OCH3 is 1. The van der Waals surface area contributed by atoms with Crippen molar-refractivity contribution in [1.82, 2.24) is 0 Å². The lowest BCUT2D eigenvalue weighted by molar-refractivity contribution is -0.140. The fraction of sp³-hybridized carbons (Fsp3) is 0.294. The van der Waals surface area contributed by atoms with Crippen molar-refractivity contribution < 1.29 is 33.6 Å². The molecule has 0 bridgehead atoms. The lowest BCUT2D eigenvalue weighted by atomic mass is 9.93. The zero-order chi connectivity index (χ0) is 29.6. The molecule has 0 aliphatic rings. The van der Waals surface area contributed by atoms with Crippen LogP contribution in [0.15, 0.2) is 91.0 Å². The number of ether oxygens (including phenoxy) is 4. The molecule has 0 aliphatic carbocycles. The molecule has 7 heteroatoms. The first kappa shape index (κ1) is 31.3. The van der Waals surface area contributed by atoms with Crippen molar-refractivity contribution in [3.63, 3.8) is 0 Å². The van der Waals surface area contributed by atoms with Crippen LogP contribution in [-0.2, 0) is 25.5 Å². The number of unbranched alkanes of at least 4 members (excludes halogenated alkanes) is 2. The number of rotatable bonds is 16. The second-order valence-electron chi connectivity index (χ2n) is 9.56. The number of hydrogen-bond acceptors (Lipinski definition) is 7. The fourth-order valence-electron chi connectivity index (χ4n) is 4.11. The van der Waals surface area contributed by atoms with Crippen molar-refractivity contribution in [1.29, 1.82) is 0 Å². The van der Waals surface area contributed by atoms with E-state index in [0.717, 1.165) is 35.1 Å². The molecule has 0 heterocycles. The third-order valence-corrected chi connectivity index (χ3v) is 6.37. The largest absolute Gasteiger partial charge is 0.490 e. The molecular formula is C34H38O7. The van der Waals surface area contributed by atoms with Gasteiger partial charge in [0.15, 0.2) is 0 Å². The normalized spacial score (nSPS) is 10.6. The molecule has 3 aromatic rings. The second kappa shape index (κ2) is 16.2. The van der Waals surface area contributed by atoms with E-state index in [1.165, 1.54) is 25.5 Å². The maximum Gasteiger partial charge on any atom is 0.341 e. The summed E-state index contributed by atoms with van der Waals surface area (Å²) >= 11 is 0. The molecule has 3 rings (SSSR count). The minimum Gasteiger partial charge on any atom is -0.490 e. The molecule has 7 nitrogen and oxygen atoms in total. The van der Waals surface area contributed by atoms with Gasteiger partial charge in [0.1, 0.15) is 24.7 Å². The van der Waals surface area contributed by atoms with Crippen LogP contribution in [0.4, 0.5) is 0 Å². The average Bonchev–Trinajstić information content (AvgIpc) is 2.99. The van der Waals surface area contributed by atoms with Crippen LogP contribution < -0.4 is 9.47 Å². The molecule has 0 aliphatic heterocycles. The van der Waals surface area contributed by atoms with Gasteiger partial charge in [0.05, 0.1) is 24.4 Å². The van der Waals surface area contributed by atoms with Gasteiger partial charge in [0.25, 0.3) is 0 Å². The molecule has 0 spiro atoms. The van der Waals surface area contributed by atoms with Crippen molar-refractivity contribution in [3.8, 4) is 33.8 Å². The van der Waals surface area contributed by atoms with Crippen LogP contribution in [0.25, 0.3) is 22.3 Å². The van der Waals surface area contributed by atoms with E-state index in [1.54, 1.807) is 6.07 Å². The summed E-state index contributed by atoms with van der Waals surface area (Å²) in [6.45, 7) is 9.21. The Labute approximate surface area is 242 Å². The van der Waals surface area contributed by atoms with Gasteiger partial charge >= 0.3 is 11.9 Å². The number of carbonyl (C=O) groups is 2. The Morgan fingerprint density at radius 1 is 0.780 bits per heavy atom. The van der Waals surface area contributed by atoms with Crippen LogP contribution >= 0.6 is 0 Å². The van der Waals surface area contributed by atoms with Crippen LogP contribution in [0, 0.1) is 0 Å². The number of aryl methyl sites for hydroxylation is 1. The molecule has 0 saturated heterocycles. The Morgan fingerprint density at radius 3 is 2.10 bits per heavy atom. The molecular weight excluding hydrogens is 520 g/mol. The van der Waals surface area contributed by atoms with Crippen LogP contribution in [0.1, 0.15) is 31.7 Å². The highest BCUT2D eigenvalue weighted by Crippen LogP contribution is 2.36. The van der Waals surface area contributed by atoms with Crippen molar-refractivity contribution >= 4 is 11.9 Å². The van der Waals surface area contributed by atoms with E-state index in [2.05, 4.69) is 44.3 Å². The smallest absolute Gasteiger partial charge is 0.341 e. The number of esters is 2. The van der Waals surface area contributed by atoms with Gasteiger partial charge in [0.2, 0.25) is 0 Å². The summed E-state index contributed by atoms with van der Waals surface area (Å²) in [7, 11) is 1.50. The summed E-state index contributed by atoms with van der Waals surface area (Å²) in [5.41, 5.74) is 5.34. The van der Waals surface area contributed by atoms with E-state index in [4.69, 9.17) is 24.1 Å². The lowest BCUT2D eigenvalue weighted by Crippen LogP contribution is -2.14. The molecule has 0 aromatic heterocycles. The Kier molecular flexibility index (Phi) is 12.3. The minimum absolute atomic E-state index is 0.00279. The Morgan fingerprint density at radius 2 is 1.44 bits per heavy atom. The van der Waals surface area contributed by atoms with Gasteiger partial charge in [-0.2, -0.15) is 0 Å². The SMILES string of the molecule is C=C(CO)C(=O)OCCOc1ccc(-c2ccc(OC(=O)C(=C)COC)cc2-c2ccc(CCCCC)cc2)cc1. The summed E-state index contributed by atoms with van der Waals surface area (Å²) in [4.78, 5) is 24.0. The van der Waals surface area contributed by atoms with Gasteiger partial charge in [-0.25, -0.2) is 9.59 Å². The van der Waals surface area contributed by atoms with Crippen LogP contribution in [-0.4, -0.2) is 50.6 Å². The highest BCUT2D eigenvalue weighted by Gasteiger charge is 2.14. The van der Waals surface area contributed by atoms with Crippen molar-refractivity contribution in [3.05, 3.63) is 96.6 Å². The third kappa shape index (κ3) is 9.45. The van der Waals surface area contributed by atoms with Gasteiger partial charge in [0, 0.05) is 7.11 Å². The molecule has 216 valence electrons. The van der Waals surface area contributed by atoms with Crippen LogP contribution in [0.3, 0.4) is 0 Å². The van der Waals surface area contributed by atoms with E-state index in [1.807, 2.05) is 36.4 Å². The van der Waals surface area contributed by atoms with E-state index in [0.29, 0.717) is 11.5 Å². The highest BCUT2D eigenvalue weighted by atomic mass is 16.6. The summed E-state index contributed by atoms with van der Waals surface area (Å²) in [5.74, 6) is -0.155. The van der Waals surface area contributed by atoms with Gasteiger partial charge in [-0.15, -0.1) is 0 Å². The summed E-state index contributed by atoms with van der Waals surface area (Å²) in [6, 6.07) is 21.6. The molecule has 1 N–H and O–H groups in total. The Hall–Kier alpha value is -4.20. The van der Waals surface area contributed by atoms with Gasteiger partial charge in [-0.1, -0.05) is 75.4 Å². The first-order chi connectivity index (χ1) is 19.9. The predicted octanol–water partition coefficient (Wildman–Crippen LogP) is 6.33. The van der Waals surface area contributed by atoms with Crippen LogP contribution in [0.5, 0.6) is 11.5 Å². The van der Waals surface area contributed by atoms with Crippen molar-refractivity contribution in [2.45, 2.75) is 32.6 Å². The summed E-state index contributed by atoms with van der Waals surface area (Å²) in [5, 5.41) is 8.94. The van der Waals surface area contributed by atoms with Crippen LogP contribution in [0.2, 0.25) is 0 Å². The second-order valence-corrected chi connectivity index (χ2v) is 9.56. The predicted molar refractivity (Wildman–Crippen MR) is 160 cm³/mol. The monoisotopic (exact) mass is 558 g/mol. The number of aliphatic hydroxyl groups is 1. The zero-order valence-corrected chi connectivity index (χ0v) is 23.8. The Bertz CT molecular complexity index is 1320. The molecule has 0 radical (unpaired) electrons. The quantitative estimate of drug-likeness (QED) is 0.0950. The van der Waals surface area contributed by atoms with Crippen molar-refractivity contribution in [2.24, 2.45) is 0 Å². The fourth-order valence-corrected chi connectivity index (χ4v) is 4.11. The highest BCUT2D eigenvalue weighted by molar-refractivity contribution is 5.91. The number of carbonyl (C=O) groups excluding carboxylic acids is 2. The van der Waals surface area contributed by atoms with Gasteiger partial charge in [-0.05, 0) is 64.9 Å². The first-order valence-corrected chi connectivity index (χ1v) is 13.7. The molecule has 0 saturated carbocycles. The topological polar surface area (TPSA) is 91.3 Å². The molecule has 0 atom stereocenters. The zero-order valence-electron chi connectivity index (χ0n) is 23.8. The van der Waals surface area contributed by atoms with E-state index in [9.17, 15) is 9.59 Å². The molecule has 0 fully saturated rings. The number of benzene rings is 3. The van der Waals surface area contributed by atoms with E-state index >= 15 is 0 Å². The maximum absolute atomic E-state index is 12.4. The van der Waals surface area contributed by atoms with E-state index < -0.39 is 18.5 Å². The van der Waals surface area contributed by atoms with E-state index in [-0.39, 0.29) is 31.0 Å². The van der Waals surface area contributed by atoms with Crippen molar-refractivity contribution in [2.75, 3.05) is 33.5 Å². The average molecular weight is 559 g/mol. The third-order valence-electron chi connectivity index (χ3n) is 6.37. The van der Waals surface area contributed by atoms with Gasteiger partial charge < -0.3 is 24.1 Å². The molecule has 0 amide bonds. The lowest BCUT2D eigenvalue weighted by Gasteiger charge is -2.15. The standard InChI is InChI=1S/C34H38O7/c1-5-6-7-8-26-9-11-28(12-10-26)32-21-30(41-34(37)25(3)23-38-4)17-18-31(32)27-13-15-29(16-14-27)39-19-20-40-33(36)24(2)22-35/h9-18,21,35H,2-3,5-8,19-20,22-23H2,1,4H3. The molecule has 41 heavy (non-hydrogen) atoms. The number of hydrogen-bond donors (Lipinski definition) is 1. The van der Waals surface area contributed by atoms with Gasteiger partial charge in [-0.3, -0.25) is 0 Å². The molecule has 0 unspecified atom stereocenters. The summed E-state index contributed by atoms with van der Waals surface area (Å²) < 4.78 is 21.3. The maximum atomic E-state index is 12.4. The first-order valence-electron chi connectivity index (χ1n) is 13.7. The minimum atomic E-state index is -0.648. The number of aliphatic hydroxyl groups excluding tert-OH is 1.